The molecule has 0 saturated heterocycles. The molecule has 0 unspecified atom stereocenters. The minimum absolute atomic E-state index is 0.0691. The van der Waals surface area contributed by atoms with E-state index in [0.717, 1.165) is 0 Å². The Morgan fingerprint density at radius 3 is 2.00 bits per heavy atom. The van der Waals surface area contributed by atoms with E-state index in [2.05, 4.69) is 0 Å². The molecule has 0 fully saturated rings. The van der Waals surface area contributed by atoms with Crippen LogP contribution in [-0.2, 0) is 19.6 Å². The molecule has 0 spiro atoms. The van der Waals surface area contributed by atoms with Gasteiger partial charge in [0.2, 0.25) is 16.1 Å². The van der Waals surface area contributed by atoms with Crippen molar-refractivity contribution in [3.8, 4) is 0 Å². The first-order chi connectivity index (χ1) is 10.8. The van der Waals surface area contributed by atoms with Crippen molar-refractivity contribution < 1.29 is 22.7 Å². The van der Waals surface area contributed by atoms with Crippen LogP contribution < -0.4 is 10.9 Å². The van der Waals surface area contributed by atoms with E-state index < -0.39 is 28.0 Å². The third-order valence-electron chi connectivity index (χ3n) is 3.00. The maximum Gasteiger partial charge on any atom is 0.339 e. The number of ether oxygens (including phenoxy) is 1. The van der Waals surface area contributed by atoms with Crippen LogP contribution in [0.15, 0.2) is 59.5 Å². The molecule has 1 amide bonds. The van der Waals surface area contributed by atoms with E-state index >= 15 is 0 Å². The predicted molar refractivity (Wildman–Crippen MR) is 81.6 cm³/mol. The van der Waals surface area contributed by atoms with E-state index in [0.29, 0.717) is 5.56 Å². The van der Waals surface area contributed by atoms with E-state index in [-0.39, 0.29) is 10.5 Å². The van der Waals surface area contributed by atoms with Gasteiger partial charge in [0.15, 0.2) is 0 Å². The number of hydrogen-bond donors (Lipinski definition) is 2. The van der Waals surface area contributed by atoms with Gasteiger partial charge >= 0.3 is 5.97 Å². The molecule has 0 saturated carbocycles. The minimum atomic E-state index is -3.85. The lowest BCUT2D eigenvalue weighted by molar-refractivity contribution is -0.127. The maximum absolute atomic E-state index is 12.1. The van der Waals surface area contributed by atoms with Crippen molar-refractivity contribution in [2.24, 2.45) is 10.9 Å². The fraction of sp³-hybridized carbons (Fsp3) is 0.0667. The Bertz CT molecular complexity index is 817. The van der Waals surface area contributed by atoms with Crippen molar-refractivity contribution in [3.63, 3.8) is 0 Å². The van der Waals surface area contributed by atoms with E-state index in [4.69, 9.17) is 15.6 Å². The normalized spacial score (nSPS) is 12.4. The van der Waals surface area contributed by atoms with Crippen molar-refractivity contribution in [3.05, 3.63) is 65.7 Å². The second-order valence-corrected chi connectivity index (χ2v) is 6.23. The van der Waals surface area contributed by atoms with Gasteiger partial charge < -0.3 is 10.5 Å². The number of primary sulfonamides is 1. The Balaban J connectivity index is 2.21. The SMILES string of the molecule is NC(=O)[C@H](OC(=O)c1ccc(S(N)(=O)=O)cc1)c1ccccc1. The quantitative estimate of drug-likeness (QED) is 0.778. The van der Waals surface area contributed by atoms with Gasteiger partial charge in [0.05, 0.1) is 10.5 Å². The lowest BCUT2D eigenvalue weighted by Crippen LogP contribution is -2.26. The molecule has 23 heavy (non-hydrogen) atoms. The number of nitrogens with two attached hydrogens (primary N) is 2. The lowest BCUT2D eigenvalue weighted by atomic mass is 10.1. The average molecular weight is 334 g/mol. The summed E-state index contributed by atoms with van der Waals surface area (Å²) in [5.41, 5.74) is 5.77. The zero-order valence-corrected chi connectivity index (χ0v) is 12.7. The average Bonchev–Trinajstić information content (AvgIpc) is 2.52. The fourth-order valence-electron chi connectivity index (χ4n) is 1.87. The monoisotopic (exact) mass is 334 g/mol. The number of primary amides is 1. The summed E-state index contributed by atoms with van der Waals surface area (Å²) in [5, 5.41) is 4.97. The van der Waals surface area contributed by atoms with Crippen LogP contribution in [0, 0.1) is 0 Å². The van der Waals surface area contributed by atoms with Gasteiger partial charge in [-0.05, 0) is 24.3 Å². The van der Waals surface area contributed by atoms with Gasteiger partial charge in [0, 0.05) is 5.56 Å². The predicted octanol–water partition coefficient (Wildman–Crippen LogP) is 0.717. The summed E-state index contributed by atoms with van der Waals surface area (Å²) in [5.74, 6) is -1.62. The molecule has 0 aliphatic heterocycles. The zero-order valence-electron chi connectivity index (χ0n) is 11.9. The van der Waals surface area contributed by atoms with Gasteiger partial charge in [-0.15, -0.1) is 0 Å². The van der Waals surface area contributed by atoms with Gasteiger partial charge in [-0.1, -0.05) is 30.3 Å². The minimum Gasteiger partial charge on any atom is -0.444 e. The van der Waals surface area contributed by atoms with Gasteiger partial charge in [0.25, 0.3) is 5.91 Å². The lowest BCUT2D eigenvalue weighted by Gasteiger charge is -2.15. The van der Waals surface area contributed by atoms with Crippen LogP contribution in [0.4, 0.5) is 0 Å². The maximum atomic E-state index is 12.1. The van der Waals surface area contributed by atoms with Crippen LogP contribution >= 0.6 is 0 Å². The standard InChI is InChI=1S/C15H14N2O5S/c16-14(18)13(10-4-2-1-3-5-10)22-15(19)11-6-8-12(9-7-11)23(17,20)21/h1-9,13H,(H2,16,18)(H2,17,20,21)/t13-/m1/s1. The summed E-state index contributed by atoms with van der Waals surface area (Å²) in [4.78, 5) is 23.4. The number of esters is 1. The summed E-state index contributed by atoms with van der Waals surface area (Å²) < 4.78 is 27.4. The molecule has 0 aliphatic carbocycles. The molecule has 0 aromatic heterocycles. The first-order valence-electron chi connectivity index (χ1n) is 6.47. The van der Waals surface area contributed by atoms with E-state index in [9.17, 15) is 18.0 Å². The highest BCUT2D eigenvalue weighted by atomic mass is 32.2. The van der Waals surface area contributed by atoms with Crippen molar-refractivity contribution in [2.45, 2.75) is 11.0 Å². The Morgan fingerprint density at radius 2 is 1.52 bits per heavy atom. The van der Waals surface area contributed by atoms with Crippen LogP contribution in [0.1, 0.15) is 22.0 Å². The number of carbonyl (C=O) groups excluding carboxylic acids is 2. The van der Waals surface area contributed by atoms with Crippen LogP contribution in [0.3, 0.4) is 0 Å². The zero-order chi connectivity index (χ0) is 17.0. The Kier molecular flexibility index (Phi) is 4.77. The first-order valence-corrected chi connectivity index (χ1v) is 8.02. The molecule has 0 bridgehead atoms. The smallest absolute Gasteiger partial charge is 0.339 e. The highest BCUT2D eigenvalue weighted by Crippen LogP contribution is 2.19. The molecule has 0 radical (unpaired) electrons. The molecule has 7 nitrogen and oxygen atoms in total. The van der Waals surface area contributed by atoms with Crippen molar-refractivity contribution in [1.29, 1.82) is 0 Å². The third kappa shape index (κ3) is 4.15. The largest absolute Gasteiger partial charge is 0.444 e. The topological polar surface area (TPSA) is 130 Å². The highest BCUT2D eigenvalue weighted by Gasteiger charge is 2.23. The molecule has 8 heteroatoms. The van der Waals surface area contributed by atoms with E-state index in [1.807, 2.05) is 0 Å². The number of benzene rings is 2. The van der Waals surface area contributed by atoms with Gasteiger partial charge in [-0.2, -0.15) is 0 Å². The molecule has 1 atom stereocenters. The molecule has 2 aromatic carbocycles. The molecular weight excluding hydrogens is 320 g/mol. The molecule has 0 heterocycles. The number of hydrogen-bond acceptors (Lipinski definition) is 5. The van der Waals surface area contributed by atoms with Crippen molar-refractivity contribution >= 4 is 21.9 Å². The molecule has 120 valence electrons. The third-order valence-corrected chi connectivity index (χ3v) is 3.93. The molecule has 4 N–H and O–H groups in total. The van der Waals surface area contributed by atoms with E-state index in [1.165, 1.54) is 24.3 Å². The van der Waals surface area contributed by atoms with Crippen molar-refractivity contribution in [1.82, 2.24) is 0 Å². The second kappa shape index (κ2) is 6.59. The van der Waals surface area contributed by atoms with Crippen LogP contribution in [-0.4, -0.2) is 20.3 Å². The summed E-state index contributed by atoms with van der Waals surface area (Å²) >= 11 is 0. The first kappa shape index (κ1) is 16.7. The fourth-order valence-corrected chi connectivity index (χ4v) is 2.39. The summed E-state index contributed by atoms with van der Waals surface area (Å²) in [7, 11) is -3.85. The number of sulfonamides is 1. The van der Waals surface area contributed by atoms with Crippen molar-refractivity contribution in [2.75, 3.05) is 0 Å². The van der Waals surface area contributed by atoms with Gasteiger partial charge in [-0.3, -0.25) is 4.79 Å². The number of amides is 1. The molecule has 2 rings (SSSR count). The highest BCUT2D eigenvalue weighted by molar-refractivity contribution is 7.89. The number of rotatable bonds is 5. The Labute approximate surface area is 132 Å². The summed E-state index contributed by atoms with van der Waals surface area (Å²) in [6.45, 7) is 0. The molecular formula is C15H14N2O5S. The Hall–Kier alpha value is -2.71. The number of carbonyl (C=O) groups is 2. The Morgan fingerprint density at radius 1 is 0.957 bits per heavy atom. The second-order valence-electron chi connectivity index (χ2n) is 4.67. The van der Waals surface area contributed by atoms with Crippen LogP contribution in [0.25, 0.3) is 0 Å². The molecule has 2 aromatic rings. The van der Waals surface area contributed by atoms with Crippen LogP contribution in [0.5, 0.6) is 0 Å². The van der Waals surface area contributed by atoms with Gasteiger partial charge in [0.1, 0.15) is 0 Å². The summed E-state index contributed by atoms with van der Waals surface area (Å²) in [6.07, 6.45) is -1.23. The molecule has 0 aliphatic rings. The van der Waals surface area contributed by atoms with Gasteiger partial charge in [-0.25, -0.2) is 18.4 Å². The van der Waals surface area contributed by atoms with E-state index in [1.54, 1.807) is 30.3 Å². The summed E-state index contributed by atoms with van der Waals surface area (Å²) in [6, 6.07) is 13.1. The van der Waals surface area contributed by atoms with Crippen LogP contribution in [0.2, 0.25) is 0 Å².